The van der Waals surface area contributed by atoms with Gasteiger partial charge in [-0.3, -0.25) is 4.79 Å². The van der Waals surface area contributed by atoms with Crippen molar-refractivity contribution in [3.05, 3.63) is 64.7 Å². The first-order valence-corrected chi connectivity index (χ1v) is 19.8. The van der Waals surface area contributed by atoms with Crippen LogP contribution in [0.25, 0.3) is 0 Å². The van der Waals surface area contributed by atoms with E-state index in [0.717, 1.165) is 32.1 Å². The van der Waals surface area contributed by atoms with Crippen molar-refractivity contribution >= 4 is 39.3 Å². The molecule has 51 heavy (non-hydrogen) atoms. The minimum absolute atomic E-state index is 0.0106. The highest BCUT2D eigenvalue weighted by molar-refractivity contribution is 7.90. The van der Waals surface area contributed by atoms with E-state index in [9.17, 15) is 18.0 Å². The van der Waals surface area contributed by atoms with Gasteiger partial charge in [0.05, 0.1) is 42.5 Å². The first kappa shape index (κ1) is 36.1. The molecule has 4 atom stereocenters. The molecule has 2 bridgehead atoms. The molecule has 1 saturated heterocycles. The van der Waals surface area contributed by atoms with E-state index >= 15 is 0 Å². The second-order valence-electron chi connectivity index (χ2n) is 15.8. The summed E-state index contributed by atoms with van der Waals surface area (Å²) < 4.78 is 54.1. The van der Waals surface area contributed by atoms with Crippen LogP contribution in [0.3, 0.4) is 0 Å². The molecule has 2 aromatic rings. The van der Waals surface area contributed by atoms with Gasteiger partial charge in [0, 0.05) is 36.0 Å². The topological polar surface area (TPSA) is 124 Å². The summed E-state index contributed by atoms with van der Waals surface area (Å²) in [6.07, 6.45) is 7.26. The standard InChI is InChI=1S/C38H48ClN3O8S/c1-36(2)22-41(16-18-48-36)35(44)50-32-8-6-17-49-37(3,4)34(43)40-51(45,46)28-11-14-33-31(20-28)42(21-26-9-12-29(26)32)23-38(24-47-33)15-5-7-25-19-27(39)10-13-30(25)38/h6,8,10-11,13-14,19-20,26,29,32H,5,7,9,12,15-18,21-24H2,1-4H3,(H,40,43)/b8-6-/t26-,29+,32-,38-/m0/s1. The number of hydrogen-bond donors (Lipinski definition) is 1. The number of ether oxygens (including phenoxy) is 4. The quantitative estimate of drug-likeness (QED) is 0.371. The zero-order chi connectivity index (χ0) is 36.2. The Kier molecular flexibility index (Phi) is 9.60. The fourth-order valence-electron chi connectivity index (χ4n) is 8.25. The van der Waals surface area contributed by atoms with Crippen molar-refractivity contribution < 1.29 is 37.0 Å². The molecule has 3 heterocycles. The normalized spacial score (nSPS) is 30.4. The zero-order valence-corrected chi connectivity index (χ0v) is 31.4. The van der Waals surface area contributed by atoms with E-state index in [1.54, 1.807) is 23.1 Å². The molecular formula is C38H48ClN3O8S. The number of benzene rings is 2. The second-order valence-corrected chi connectivity index (χ2v) is 17.9. The van der Waals surface area contributed by atoms with E-state index < -0.39 is 33.2 Å². The molecule has 0 radical (unpaired) electrons. The molecular weight excluding hydrogens is 694 g/mol. The average molecular weight is 742 g/mol. The van der Waals surface area contributed by atoms with Crippen LogP contribution in [0.1, 0.15) is 64.5 Å². The molecule has 2 fully saturated rings. The van der Waals surface area contributed by atoms with Gasteiger partial charge in [0.15, 0.2) is 0 Å². The van der Waals surface area contributed by atoms with Crippen LogP contribution in [0.5, 0.6) is 5.75 Å². The Hall–Kier alpha value is -3.32. The molecule has 3 aliphatic heterocycles. The van der Waals surface area contributed by atoms with Gasteiger partial charge in [-0.25, -0.2) is 17.9 Å². The van der Waals surface area contributed by atoms with Gasteiger partial charge in [-0.2, -0.15) is 0 Å². The van der Waals surface area contributed by atoms with Crippen LogP contribution in [0.2, 0.25) is 5.02 Å². The van der Waals surface area contributed by atoms with Crippen molar-refractivity contribution in [3.8, 4) is 5.75 Å². The Morgan fingerprint density at radius 2 is 1.88 bits per heavy atom. The summed E-state index contributed by atoms with van der Waals surface area (Å²) in [5.74, 6) is -0.0670. The minimum Gasteiger partial charge on any atom is -0.490 e. The fourth-order valence-corrected chi connectivity index (χ4v) is 9.56. The molecule has 11 nitrogen and oxygen atoms in total. The van der Waals surface area contributed by atoms with Gasteiger partial charge >= 0.3 is 6.09 Å². The molecule has 276 valence electrons. The van der Waals surface area contributed by atoms with E-state index in [1.165, 1.54) is 31.0 Å². The zero-order valence-electron chi connectivity index (χ0n) is 29.8. The Bertz CT molecular complexity index is 1830. The van der Waals surface area contributed by atoms with Crippen LogP contribution in [-0.2, 0) is 40.9 Å². The fraction of sp³-hybridized carbons (Fsp3) is 0.579. The average Bonchev–Trinajstić information content (AvgIpc) is 3.20. The first-order valence-electron chi connectivity index (χ1n) is 17.9. The maximum atomic E-state index is 13.7. The number of nitrogens with one attached hydrogen (secondary N) is 1. The maximum Gasteiger partial charge on any atom is 0.410 e. The van der Waals surface area contributed by atoms with E-state index in [1.807, 2.05) is 32.1 Å². The van der Waals surface area contributed by atoms with Gasteiger partial charge in [-0.1, -0.05) is 23.7 Å². The molecule has 7 rings (SSSR count). The molecule has 1 N–H and O–H groups in total. The predicted octanol–water partition coefficient (Wildman–Crippen LogP) is 5.63. The summed E-state index contributed by atoms with van der Waals surface area (Å²) in [7, 11) is -4.25. The van der Waals surface area contributed by atoms with Crippen LogP contribution in [0.15, 0.2) is 53.4 Å². The number of rotatable bonds is 1. The van der Waals surface area contributed by atoms with Gasteiger partial charge < -0.3 is 28.7 Å². The lowest BCUT2D eigenvalue weighted by molar-refractivity contribution is -0.139. The molecule has 2 aliphatic carbocycles. The largest absolute Gasteiger partial charge is 0.490 e. The Labute approximate surface area is 305 Å². The SMILES string of the molecule is CC1(C)CN(C(=O)O[C@H]2/C=C\COC(C)(C)C(=O)NS(=O)(=O)c3ccc4c(c3)N(C[C@@H]3CC[C@H]32)C[C@@]2(CCCc3cc(Cl)ccc32)CO4)CCO1. The monoisotopic (exact) mass is 741 g/mol. The van der Waals surface area contributed by atoms with Crippen LogP contribution < -0.4 is 14.4 Å². The molecule has 13 heteroatoms. The van der Waals surface area contributed by atoms with Crippen LogP contribution in [-0.4, -0.2) is 88.6 Å². The molecule has 2 aromatic carbocycles. The Morgan fingerprint density at radius 1 is 1.06 bits per heavy atom. The van der Waals surface area contributed by atoms with Crippen molar-refractivity contribution in [2.24, 2.45) is 11.8 Å². The van der Waals surface area contributed by atoms with Crippen LogP contribution in [0, 0.1) is 11.8 Å². The number of sulfonamides is 1. The number of carbonyl (C=O) groups is 2. The van der Waals surface area contributed by atoms with Gasteiger partial charge in [0.2, 0.25) is 0 Å². The third-order valence-electron chi connectivity index (χ3n) is 11.2. The lowest BCUT2D eigenvalue weighted by atomic mass is 9.68. The number of nitrogens with zero attached hydrogens (tertiary/aromatic N) is 2. The number of morpholine rings is 1. The summed E-state index contributed by atoms with van der Waals surface area (Å²) in [5.41, 5.74) is 0.758. The molecule has 0 unspecified atom stereocenters. The van der Waals surface area contributed by atoms with E-state index in [2.05, 4.69) is 15.7 Å². The second kappa shape index (κ2) is 13.6. The third kappa shape index (κ3) is 7.34. The number of hydrogen-bond acceptors (Lipinski definition) is 9. The number of fused-ring (bicyclic) bond motifs is 4. The van der Waals surface area contributed by atoms with Gasteiger partial charge in [0.25, 0.3) is 15.9 Å². The van der Waals surface area contributed by atoms with Crippen molar-refractivity contribution in [2.45, 2.75) is 87.4 Å². The minimum atomic E-state index is -4.25. The Balaban J connectivity index is 1.27. The highest BCUT2D eigenvalue weighted by Crippen LogP contribution is 2.47. The smallest absolute Gasteiger partial charge is 0.410 e. The van der Waals surface area contributed by atoms with Crippen LogP contribution >= 0.6 is 11.6 Å². The maximum absolute atomic E-state index is 13.7. The number of aryl methyl sites for hydroxylation is 1. The van der Waals surface area contributed by atoms with Gasteiger partial charge in [-0.05, 0) is 113 Å². The van der Waals surface area contributed by atoms with Crippen molar-refractivity contribution in [1.29, 1.82) is 0 Å². The molecule has 2 amide bonds. The lowest BCUT2D eigenvalue weighted by Gasteiger charge is -2.46. The third-order valence-corrected chi connectivity index (χ3v) is 12.8. The first-order chi connectivity index (χ1) is 24.1. The van der Waals surface area contributed by atoms with Gasteiger partial charge in [-0.15, -0.1) is 0 Å². The van der Waals surface area contributed by atoms with Crippen molar-refractivity contribution in [1.82, 2.24) is 9.62 Å². The highest BCUT2D eigenvalue weighted by atomic mass is 35.5. The van der Waals surface area contributed by atoms with Crippen LogP contribution in [0.4, 0.5) is 10.5 Å². The highest BCUT2D eigenvalue weighted by Gasteiger charge is 2.46. The number of anilines is 1. The summed E-state index contributed by atoms with van der Waals surface area (Å²) in [6, 6.07) is 10.9. The predicted molar refractivity (Wildman–Crippen MR) is 193 cm³/mol. The van der Waals surface area contributed by atoms with E-state index in [-0.39, 0.29) is 34.8 Å². The number of halogens is 1. The summed E-state index contributed by atoms with van der Waals surface area (Å²) in [5, 5.41) is 0.700. The molecule has 1 saturated carbocycles. The number of carbonyl (C=O) groups excluding carboxylic acids is 2. The molecule has 5 aliphatic rings. The number of amides is 2. The van der Waals surface area contributed by atoms with E-state index in [0.29, 0.717) is 55.9 Å². The Morgan fingerprint density at radius 3 is 2.65 bits per heavy atom. The van der Waals surface area contributed by atoms with Crippen molar-refractivity contribution in [3.63, 3.8) is 0 Å². The lowest BCUT2D eigenvalue weighted by Crippen LogP contribution is -2.53. The van der Waals surface area contributed by atoms with Crippen molar-refractivity contribution in [2.75, 3.05) is 50.9 Å². The molecule has 0 aromatic heterocycles. The summed E-state index contributed by atoms with van der Waals surface area (Å²) in [6.45, 7) is 9.91. The van der Waals surface area contributed by atoms with E-state index in [4.69, 9.17) is 30.5 Å². The summed E-state index contributed by atoms with van der Waals surface area (Å²) in [4.78, 5) is 30.8. The molecule has 1 spiro atoms. The summed E-state index contributed by atoms with van der Waals surface area (Å²) >= 11 is 6.45. The van der Waals surface area contributed by atoms with Gasteiger partial charge in [0.1, 0.15) is 17.5 Å².